The highest BCUT2D eigenvalue weighted by Gasteiger charge is 2.27. The van der Waals surface area contributed by atoms with Gasteiger partial charge in [0.15, 0.2) is 0 Å². The van der Waals surface area contributed by atoms with E-state index in [1.54, 1.807) is 0 Å². The summed E-state index contributed by atoms with van der Waals surface area (Å²) in [5.41, 5.74) is 2.45. The van der Waals surface area contributed by atoms with Crippen LogP contribution in [0.3, 0.4) is 0 Å². The number of hydrogen-bond donors (Lipinski definition) is 0. The second-order valence-electron chi connectivity index (χ2n) is 8.23. The zero-order chi connectivity index (χ0) is 19.3. The first-order chi connectivity index (χ1) is 13.7. The lowest BCUT2D eigenvalue weighted by Crippen LogP contribution is -2.42. The van der Waals surface area contributed by atoms with E-state index in [1.165, 1.54) is 69.2 Å². The Morgan fingerprint density at radius 1 is 0.821 bits per heavy atom. The fourth-order valence-corrected chi connectivity index (χ4v) is 5.83. The first-order valence-corrected chi connectivity index (χ1v) is 11.9. The van der Waals surface area contributed by atoms with Gasteiger partial charge in [0, 0.05) is 15.8 Å². The molecular weight excluding hydrogens is 362 g/mol. The van der Waals surface area contributed by atoms with Crippen LogP contribution in [0.2, 0.25) is 0 Å². The third kappa shape index (κ3) is 4.47. The Bertz CT molecular complexity index is 800. The predicted molar refractivity (Wildman–Crippen MR) is 118 cm³/mol. The van der Waals surface area contributed by atoms with Crippen molar-refractivity contribution in [1.29, 1.82) is 0 Å². The molecule has 2 fully saturated rings. The topological polar surface area (TPSA) is 20.3 Å². The summed E-state index contributed by atoms with van der Waals surface area (Å²) < 4.78 is 12.7. The highest BCUT2D eigenvalue weighted by Crippen LogP contribution is 2.33. The van der Waals surface area contributed by atoms with Gasteiger partial charge in [0.2, 0.25) is 0 Å². The highest BCUT2D eigenvalue weighted by atomic mass is 32.2. The summed E-state index contributed by atoms with van der Waals surface area (Å²) in [4.78, 5) is 4.44. The van der Waals surface area contributed by atoms with Crippen LogP contribution in [0.15, 0.2) is 71.0 Å². The zero-order valence-electron chi connectivity index (χ0n) is 16.7. The van der Waals surface area contributed by atoms with Crippen LogP contribution in [0.5, 0.6) is 0 Å². The lowest BCUT2D eigenvalue weighted by atomic mass is 9.84. The van der Waals surface area contributed by atoms with E-state index in [1.807, 2.05) is 42.5 Å². The van der Waals surface area contributed by atoms with Crippen molar-refractivity contribution < 1.29 is 4.21 Å². The molecule has 0 amide bonds. The molecule has 148 valence electrons. The Balaban J connectivity index is 1.36. The lowest BCUT2D eigenvalue weighted by Gasteiger charge is -2.39. The summed E-state index contributed by atoms with van der Waals surface area (Å²) in [6.45, 7) is 6.85. The Labute approximate surface area is 172 Å². The maximum Gasteiger partial charge on any atom is 0.0849 e. The molecule has 1 saturated heterocycles. The number of allylic oxidation sites excluding steroid dienone is 1. The minimum atomic E-state index is -1.12. The van der Waals surface area contributed by atoms with E-state index in [9.17, 15) is 4.21 Å². The van der Waals surface area contributed by atoms with Gasteiger partial charge in [0.05, 0.1) is 10.8 Å². The SMILES string of the molecule is C=C(c1ccc(S(=O)c2ccccc2)cc1)C1CCN(C2CCCCC2)CC1. The first-order valence-electron chi connectivity index (χ1n) is 10.7. The summed E-state index contributed by atoms with van der Waals surface area (Å²) in [5, 5.41) is 0. The minimum Gasteiger partial charge on any atom is -0.300 e. The number of rotatable bonds is 5. The molecule has 1 heterocycles. The maximum atomic E-state index is 12.7. The van der Waals surface area contributed by atoms with Gasteiger partial charge in [-0.25, -0.2) is 4.21 Å². The quantitative estimate of drug-likeness (QED) is 0.629. The van der Waals surface area contributed by atoms with Crippen LogP contribution in [-0.2, 0) is 10.8 Å². The van der Waals surface area contributed by atoms with Crippen molar-refractivity contribution in [2.45, 2.75) is 60.8 Å². The summed E-state index contributed by atoms with van der Waals surface area (Å²) in [5.74, 6) is 0.574. The standard InChI is InChI=1S/C25H31NOS/c1-20(22-16-18-26(19-17-22)23-8-4-2-5-9-23)21-12-14-25(15-13-21)28(27)24-10-6-3-7-11-24/h3,6-7,10-15,22-23H,1-2,4-5,8-9,16-19H2. The van der Waals surface area contributed by atoms with Crippen LogP contribution < -0.4 is 0 Å². The van der Waals surface area contributed by atoms with Gasteiger partial charge in [-0.05, 0) is 80.1 Å². The van der Waals surface area contributed by atoms with E-state index < -0.39 is 10.8 Å². The summed E-state index contributed by atoms with van der Waals surface area (Å²) >= 11 is 0. The van der Waals surface area contributed by atoms with Gasteiger partial charge in [-0.1, -0.05) is 56.2 Å². The molecule has 0 spiro atoms. The van der Waals surface area contributed by atoms with Gasteiger partial charge in [0.1, 0.15) is 0 Å². The van der Waals surface area contributed by atoms with Crippen LogP contribution >= 0.6 is 0 Å². The number of likely N-dealkylation sites (tertiary alicyclic amines) is 1. The molecular formula is C25H31NOS. The maximum absolute atomic E-state index is 12.7. The van der Waals surface area contributed by atoms with Gasteiger partial charge >= 0.3 is 0 Å². The molecule has 28 heavy (non-hydrogen) atoms. The van der Waals surface area contributed by atoms with Crippen molar-refractivity contribution >= 4 is 16.4 Å². The third-order valence-electron chi connectivity index (χ3n) is 6.51. The Kier molecular flexibility index (Phi) is 6.43. The molecule has 1 aliphatic carbocycles. The van der Waals surface area contributed by atoms with E-state index in [0.717, 1.165) is 15.8 Å². The molecule has 1 atom stereocenters. The highest BCUT2D eigenvalue weighted by molar-refractivity contribution is 7.85. The van der Waals surface area contributed by atoms with Crippen molar-refractivity contribution in [1.82, 2.24) is 4.90 Å². The minimum absolute atomic E-state index is 0.574. The Hall–Kier alpha value is -1.71. The molecule has 2 aromatic carbocycles. The van der Waals surface area contributed by atoms with Crippen molar-refractivity contribution in [3.63, 3.8) is 0 Å². The zero-order valence-corrected chi connectivity index (χ0v) is 17.5. The average Bonchev–Trinajstić information content (AvgIpc) is 2.79. The molecule has 0 bridgehead atoms. The molecule has 2 nitrogen and oxygen atoms in total. The fourth-order valence-electron chi connectivity index (χ4n) is 4.77. The van der Waals surface area contributed by atoms with Crippen molar-refractivity contribution in [3.05, 3.63) is 66.7 Å². The molecule has 0 N–H and O–H groups in total. The molecule has 3 heteroatoms. The number of piperidine rings is 1. The molecule has 4 rings (SSSR count). The lowest BCUT2D eigenvalue weighted by molar-refractivity contribution is 0.119. The number of benzene rings is 2. The Morgan fingerprint density at radius 2 is 1.43 bits per heavy atom. The van der Waals surface area contributed by atoms with E-state index in [0.29, 0.717) is 5.92 Å². The molecule has 2 aromatic rings. The van der Waals surface area contributed by atoms with Gasteiger partial charge < -0.3 is 4.90 Å². The van der Waals surface area contributed by atoms with Gasteiger partial charge in [0.25, 0.3) is 0 Å². The van der Waals surface area contributed by atoms with Crippen molar-refractivity contribution in [3.8, 4) is 0 Å². The second kappa shape index (κ2) is 9.19. The van der Waals surface area contributed by atoms with Crippen LogP contribution in [0.25, 0.3) is 5.57 Å². The molecule has 1 aliphatic heterocycles. The summed E-state index contributed by atoms with van der Waals surface area (Å²) in [6, 6.07) is 18.7. The Morgan fingerprint density at radius 3 is 2.07 bits per heavy atom. The summed E-state index contributed by atoms with van der Waals surface area (Å²) in [6.07, 6.45) is 9.47. The van der Waals surface area contributed by atoms with Gasteiger partial charge in [-0.15, -0.1) is 0 Å². The van der Waals surface area contributed by atoms with E-state index in [-0.39, 0.29) is 0 Å². The van der Waals surface area contributed by atoms with Crippen LogP contribution in [0, 0.1) is 5.92 Å². The fraction of sp³-hybridized carbons (Fsp3) is 0.440. The van der Waals surface area contributed by atoms with Gasteiger partial charge in [-0.2, -0.15) is 0 Å². The van der Waals surface area contributed by atoms with Crippen molar-refractivity contribution in [2.75, 3.05) is 13.1 Å². The molecule has 1 saturated carbocycles. The largest absolute Gasteiger partial charge is 0.300 e. The van der Waals surface area contributed by atoms with Crippen LogP contribution in [0.4, 0.5) is 0 Å². The molecule has 0 aromatic heterocycles. The number of nitrogens with zero attached hydrogens (tertiary/aromatic N) is 1. The molecule has 2 aliphatic rings. The smallest absolute Gasteiger partial charge is 0.0849 e. The van der Waals surface area contributed by atoms with E-state index in [4.69, 9.17) is 0 Å². The monoisotopic (exact) mass is 393 g/mol. The molecule has 0 radical (unpaired) electrons. The van der Waals surface area contributed by atoms with E-state index >= 15 is 0 Å². The third-order valence-corrected chi connectivity index (χ3v) is 7.91. The normalized spacial score (nSPS) is 20.7. The molecule has 1 unspecified atom stereocenters. The van der Waals surface area contributed by atoms with Crippen molar-refractivity contribution in [2.24, 2.45) is 5.92 Å². The van der Waals surface area contributed by atoms with Gasteiger partial charge in [-0.3, -0.25) is 0 Å². The number of hydrogen-bond acceptors (Lipinski definition) is 2. The second-order valence-corrected chi connectivity index (χ2v) is 9.71. The summed E-state index contributed by atoms with van der Waals surface area (Å²) in [7, 11) is -1.12. The van der Waals surface area contributed by atoms with Crippen LogP contribution in [-0.4, -0.2) is 28.2 Å². The van der Waals surface area contributed by atoms with Crippen LogP contribution in [0.1, 0.15) is 50.5 Å². The predicted octanol–water partition coefficient (Wildman–Crippen LogP) is 5.91. The average molecular weight is 394 g/mol. The first kappa shape index (κ1) is 19.6. The van der Waals surface area contributed by atoms with E-state index in [2.05, 4.69) is 23.6 Å².